The quantitative estimate of drug-likeness (QED) is 0.568. The minimum Gasteiger partial charge on any atom is -0.494 e. The van der Waals surface area contributed by atoms with Crippen molar-refractivity contribution in [2.24, 2.45) is 0 Å². The molecule has 4 nitrogen and oxygen atoms in total. The lowest BCUT2D eigenvalue weighted by Crippen LogP contribution is -2.17. The SMILES string of the molecule is CCOc1ccc(OCC(=O)Oc2ccc(C(C)C)cc2)cc1. The molecule has 0 aliphatic carbocycles. The summed E-state index contributed by atoms with van der Waals surface area (Å²) in [6.45, 7) is 6.63. The number of ether oxygens (including phenoxy) is 3. The Bertz CT molecular complexity index is 615. The van der Waals surface area contributed by atoms with Gasteiger partial charge < -0.3 is 14.2 Å². The molecule has 0 amide bonds. The lowest BCUT2D eigenvalue weighted by Gasteiger charge is -2.09. The highest BCUT2D eigenvalue weighted by Crippen LogP contribution is 2.19. The van der Waals surface area contributed by atoms with Gasteiger partial charge in [-0.1, -0.05) is 26.0 Å². The van der Waals surface area contributed by atoms with Gasteiger partial charge in [0.1, 0.15) is 17.2 Å². The second kappa shape index (κ2) is 8.22. The second-order valence-electron chi connectivity index (χ2n) is 5.39. The van der Waals surface area contributed by atoms with E-state index in [4.69, 9.17) is 14.2 Å². The Morgan fingerprint density at radius 2 is 1.39 bits per heavy atom. The minimum atomic E-state index is -0.434. The number of esters is 1. The zero-order chi connectivity index (χ0) is 16.7. The first kappa shape index (κ1) is 16.9. The molecule has 0 spiro atoms. The Hall–Kier alpha value is -2.49. The van der Waals surface area contributed by atoms with Gasteiger partial charge in [0.05, 0.1) is 6.61 Å². The normalized spacial score (nSPS) is 10.4. The van der Waals surface area contributed by atoms with Crippen molar-refractivity contribution in [1.82, 2.24) is 0 Å². The number of benzene rings is 2. The molecule has 2 aromatic carbocycles. The Morgan fingerprint density at radius 1 is 0.870 bits per heavy atom. The maximum atomic E-state index is 11.8. The average molecular weight is 314 g/mol. The maximum absolute atomic E-state index is 11.8. The van der Waals surface area contributed by atoms with Gasteiger partial charge >= 0.3 is 5.97 Å². The molecule has 0 saturated carbocycles. The van der Waals surface area contributed by atoms with E-state index >= 15 is 0 Å². The van der Waals surface area contributed by atoms with Crippen molar-refractivity contribution in [1.29, 1.82) is 0 Å². The molecule has 0 bridgehead atoms. The molecule has 2 rings (SSSR count). The van der Waals surface area contributed by atoms with E-state index < -0.39 is 5.97 Å². The van der Waals surface area contributed by atoms with Crippen LogP contribution in [-0.2, 0) is 4.79 Å². The molecule has 122 valence electrons. The van der Waals surface area contributed by atoms with E-state index in [0.717, 1.165) is 5.75 Å². The summed E-state index contributed by atoms with van der Waals surface area (Å²) in [4.78, 5) is 11.8. The summed E-state index contributed by atoms with van der Waals surface area (Å²) in [5, 5.41) is 0. The Kier molecular flexibility index (Phi) is 6.03. The summed E-state index contributed by atoms with van der Waals surface area (Å²) >= 11 is 0. The highest BCUT2D eigenvalue weighted by Gasteiger charge is 2.07. The van der Waals surface area contributed by atoms with Gasteiger partial charge in [0, 0.05) is 0 Å². The molecule has 2 aromatic rings. The average Bonchev–Trinajstić information content (AvgIpc) is 2.55. The summed E-state index contributed by atoms with van der Waals surface area (Å²) < 4.78 is 16.0. The summed E-state index contributed by atoms with van der Waals surface area (Å²) in [5.74, 6) is 1.90. The van der Waals surface area contributed by atoms with Crippen LogP contribution in [-0.4, -0.2) is 19.2 Å². The first-order valence-corrected chi connectivity index (χ1v) is 7.74. The van der Waals surface area contributed by atoms with E-state index in [1.54, 1.807) is 36.4 Å². The van der Waals surface area contributed by atoms with Crippen LogP contribution < -0.4 is 14.2 Å². The van der Waals surface area contributed by atoms with Crippen LogP contribution in [0.1, 0.15) is 32.3 Å². The molecular formula is C19H22O4. The number of carbonyl (C=O) groups excluding carboxylic acids is 1. The maximum Gasteiger partial charge on any atom is 0.349 e. The largest absolute Gasteiger partial charge is 0.494 e. The number of rotatable bonds is 7. The van der Waals surface area contributed by atoms with Crippen LogP contribution >= 0.6 is 0 Å². The van der Waals surface area contributed by atoms with Crippen LogP contribution in [0.2, 0.25) is 0 Å². The summed E-state index contributed by atoms with van der Waals surface area (Å²) in [6, 6.07) is 14.6. The molecule has 4 heteroatoms. The van der Waals surface area contributed by atoms with E-state index in [-0.39, 0.29) is 6.61 Å². The van der Waals surface area contributed by atoms with Crippen LogP contribution in [0, 0.1) is 0 Å². The topological polar surface area (TPSA) is 44.8 Å². The number of hydrogen-bond donors (Lipinski definition) is 0. The van der Waals surface area contributed by atoms with Gasteiger partial charge in [-0.2, -0.15) is 0 Å². The van der Waals surface area contributed by atoms with Crippen LogP contribution in [0.25, 0.3) is 0 Å². The molecule has 0 aromatic heterocycles. The smallest absolute Gasteiger partial charge is 0.349 e. The van der Waals surface area contributed by atoms with Crippen LogP contribution in [0.15, 0.2) is 48.5 Å². The number of carbonyl (C=O) groups is 1. The van der Waals surface area contributed by atoms with E-state index in [2.05, 4.69) is 13.8 Å². The molecule has 0 saturated heterocycles. The first-order valence-electron chi connectivity index (χ1n) is 7.74. The molecular weight excluding hydrogens is 292 g/mol. The first-order chi connectivity index (χ1) is 11.1. The predicted octanol–water partition coefficient (Wildman–Crippen LogP) is 4.19. The minimum absolute atomic E-state index is 0.139. The molecule has 0 heterocycles. The molecule has 0 aliphatic rings. The molecule has 0 atom stereocenters. The summed E-state index contributed by atoms with van der Waals surface area (Å²) in [7, 11) is 0. The van der Waals surface area contributed by atoms with E-state index in [9.17, 15) is 4.79 Å². The Labute approximate surface area is 137 Å². The van der Waals surface area contributed by atoms with Gasteiger partial charge in [-0.05, 0) is 54.8 Å². The lowest BCUT2D eigenvalue weighted by atomic mass is 10.0. The zero-order valence-electron chi connectivity index (χ0n) is 13.7. The van der Waals surface area contributed by atoms with Crippen molar-refractivity contribution in [3.8, 4) is 17.2 Å². The third-order valence-electron chi connectivity index (χ3n) is 3.27. The van der Waals surface area contributed by atoms with Gasteiger partial charge in [-0.15, -0.1) is 0 Å². The van der Waals surface area contributed by atoms with Crippen molar-refractivity contribution in [2.45, 2.75) is 26.7 Å². The van der Waals surface area contributed by atoms with Crippen molar-refractivity contribution in [3.63, 3.8) is 0 Å². The van der Waals surface area contributed by atoms with Gasteiger partial charge in [-0.3, -0.25) is 0 Å². The fourth-order valence-electron chi connectivity index (χ4n) is 2.02. The molecule has 0 aliphatic heterocycles. The number of hydrogen-bond acceptors (Lipinski definition) is 4. The van der Waals surface area contributed by atoms with Gasteiger partial charge in [0.2, 0.25) is 0 Å². The monoisotopic (exact) mass is 314 g/mol. The lowest BCUT2D eigenvalue weighted by molar-refractivity contribution is -0.136. The van der Waals surface area contributed by atoms with E-state index in [1.165, 1.54) is 5.56 Å². The van der Waals surface area contributed by atoms with Crippen molar-refractivity contribution >= 4 is 5.97 Å². The van der Waals surface area contributed by atoms with Crippen LogP contribution in [0.3, 0.4) is 0 Å². The zero-order valence-corrected chi connectivity index (χ0v) is 13.7. The molecule has 0 radical (unpaired) electrons. The fourth-order valence-corrected chi connectivity index (χ4v) is 2.02. The molecule has 0 unspecified atom stereocenters. The van der Waals surface area contributed by atoms with Crippen molar-refractivity contribution < 1.29 is 19.0 Å². The van der Waals surface area contributed by atoms with Crippen LogP contribution in [0.4, 0.5) is 0 Å². The summed E-state index contributed by atoms with van der Waals surface area (Å²) in [5.41, 5.74) is 1.20. The predicted molar refractivity (Wildman–Crippen MR) is 89.3 cm³/mol. The highest BCUT2D eigenvalue weighted by atomic mass is 16.6. The van der Waals surface area contributed by atoms with E-state index in [0.29, 0.717) is 24.0 Å². The van der Waals surface area contributed by atoms with Crippen LogP contribution in [0.5, 0.6) is 17.2 Å². The fraction of sp³-hybridized carbons (Fsp3) is 0.316. The van der Waals surface area contributed by atoms with Gasteiger partial charge in [0.25, 0.3) is 0 Å². The molecule has 0 N–H and O–H groups in total. The third kappa shape index (κ3) is 5.33. The second-order valence-corrected chi connectivity index (χ2v) is 5.39. The molecule has 23 heavy (non-hydrogen) atoms. The Balaban J connectivity index is 1.82. The highest BCUT2D eigenvalue weighted by molar-refractivity contribution is 5.74. The van der Waals surface area contributed by atoms with Gasteiger partial charge in [0.15, 0.2) is 6.61 Å². The van der Waals surface area contributed by atoms with Crippen molar-refractivity contribution in [3.05, 3.63) is 54.1 Å². The molecule has 0 fully saturated rings. The van der Waals surface area contributed by atoms with E-state index in [1.807, 2.05) is 19.1 Å². The third-order valence-corrected chi connectivity index (χ3v) is 3.27. The summed E-state index contributed by atoms with van der Waals surface area (Å²) in [6.07, 6.45) is 0. The van der Waals surface area contributed by atoms with Crippen molar-refractivity contribution in [2.75, 3.05) is 13.2 Å². The van der Waals surface area contributed by atoms with Gasteiger partial charge in [-0.25, -0.2) is 4.79 Å². The standard InChI is InChI=1S/C19H22O4/c1-4-21-16-9-11-17(12-10-16)22-13-19(20)23-18-7-5-15(6-8-18)14(2)3/h5-12,14H,4,13H2,1-3H3. The Morgan fingerprint density at radius 3 is 1.91 bits per heavy atom.